The van der Waals surface area contributed by atoms with Crippen LogP contribution < -0.4 is 15.9 Å². The largest absolute Gasteiger partial charge is 0.369 e. The third-order valence-electron chi connectivity index (χ3n) is 5.86. The standard InChI is InChI=1S/C22H31N7O/c1-4-5-6-11-29-20-19(27(3)22(29)30)16-23-21(25-20)24-17-7-9-18(10-8-17)28-14-12-26(2)13-15-28/h7-10,16H,4-6,11-15H2,1-3H3,(H,23,24,25). The van der Waals surface area contributed by atoms with E-state index in [4.69, 9.17) is 0 Å². The molecule has 0 spiro atoms. The number of likely N-dealkylation sites (N-methyl/N-ethyl adjacent to an activating group) is 1. The Balaban J connectivity index is 1.52. The van der Waals surface area contributed by atoms with Gasteiger partial charge in [0.15, 0.2) is 5.65 Å². The van der Waals surface area contributed by atoms with E-state index in [1.165, 1.54) is 5.69 Å². The molecule has 8 heteroatoms. The van der Waals surface area contributed by atoms with Crippen LogP contribution in [0, 0.1) is 0 Å². The van der Waals surface area contributed by atoms with Crippen molar-refractivity contribution in [3.8, 4) is 0 Å². The summed E-state index contributed by atoms with van der Waals surface area (Å²) in [6.45, 7) is 7.11. The number of hydrogen-bond donors (Lipinski definition) is 1. The van der Waals surface area contributed by atoms with E-state index in [1.807, 2.05) is 0 Å². The predicted molar refractivity (Wildman–Crippen MR) is 122 cm³/mol. The molecule has 3 aromatic rings. The Morgan fingerprint density at radius 3 is 2.47 bits per heavy atom. The topological polar surface area (TPSA) is 71.2 Å². The first-order valence-corrected chi connectivity index (χ1v) is 10.8. The van der Waals surface area contributed by atoms with Gasteiger partial charge in [-0.15, -0.1) is 0 Å². The SMILES string of the molecule is CCCCCn1c(=O)n(C)c2cnc(Nc3ccc(N4CCN(C)CC4)cc3)nc21. The molecular formula is C22H31N7O. The van der Waals surface area contributed by atoms with E-state index >= 15 is 0 Å². The van der Waals surface area contributed by atoms with Crippen LogP contribution in [-0.2, 0) is 13.6 Å². The van der Waals surface area contributed by atoms with Gasteiger partial charge in [-0.1, -0.05) is 19.8 Å². The number of hydrogen-bond acceptors (Lipinski definition) is 6. The number of aryl methyl sites for hydroxylation is 2. The zero-order chi connectivity index (χ0) is 21.1. The molecule has 160 valence electrons. The lowest BCUT2D eigenvalue weighted by Crippen LogP contribution is -2.44. The lowest BCUT2D eigenvalue weighted by Gasteiger charge is -2.34. The minimum Gasteiger partial charge on any atom is -0.369 e. The van der Waals surface area contributed by atoms with Crippen LogP contribution in [0.15, 0.2) is 35.3 Å². The second-order valence-corrected chi connectivity index (χ2v) is 8.06. The fraction of sp³-hybridized carbons (Fsp3) is 0.500. The van der Waals surface area contributed by atoms with Crippen molar-refractivity contribution in [3.63, 3.8) is 0 Å². The third kappa shape index (κ3) is 4.18. The zero-order valence-corrected chi connectivity index (χ0v) is 18.1. The van der Waals surface area contributed by atoms with Crippen LogP contribution in [0.3, 0.4) is 0 Å². The second-order valence-electron chi connectivity index (χ2n) is 8.06. The molecule has 0 amide bonds. The van der Waals surface area contributed by atoms with E-state index in [9.17, 15) is 4.79 Å². The number of nitrogens with zero attached hydrogens (tertiary/aromatic N) is 6. The number of piperazine rings is 1. The highest BCUT2D eigenvalue weighted by molar-refractivity contribution is 5.73. The van der Waals surface area contributed by atoms with Crippen molar-refractivity contribution < 1.29 is 0 Å². The minimum atomic E-state index is -0.0379. The third-order valence-corrected chi connectivity index (χ3v) is 5.86. The number of fused-ring (bicyclic) bond motifs is 1. The Kier molecular flexibility index (Phi) is 6.03. The molecule has 30 heavy (non-hydrogen) atoms. The number of anilines is 3. The summed E-state index contributed by atoms with van der Waals surface area (Å²) < 4.78 is 3.38. The number of imidazole rings is 1. The maximum absolute atomic E-state index is 12.6. The molecule has 0 radical (unpaired) electrons. The normalized spacial score (nSPS) is 15.1. The first-order chi connectivity index (χ1) is 14.6. The molecule has 8 nitrogen and oxygen atoms in total. The molecule has 0 atom stereocenters. The van der Waals surface area contributed by atoms with Gasteiger partial charge in [0, 0.05) is 51.1 Å². The highest BCUT2D eigenvalue weighted by atomic mass is 16.1. The number of benzene rings is 1. The van der Waals surface area contributed by atoms with Crippen LogP contribution in [0.1, 0.15) is 26.2 Å². The van der Waals surface area contributed by atoms with E-state index in [0.717, 1.165) is 56.6 Å². The second kappa shape index (κ2) is 8.87. The van der Waals surface area contributed by atoms with Crippen molar-refractivity contribution in [2.45, 2.75) is 32.7 Å². The summed E-state index contributed by atoms with van der Waals surface area (Å²) in [5, 5.41) is 3.28. The van der Waals surface area contributed by atoms with Crippen LogP contribution in [0.25, 0.3) is 11.2 Å². The lowest BCUT2D eigenvalue weighted by molar-refractivity contribution is 0.313. The van der Waals surface area contributed by atoms with Gasteiger partial charge in [-0.3, -0.25) is 9.13 Å². The predicted octanol–water partition coefficient (Wildman–Crippen LogP) is 2.82. The summed E-state index contributed by atoms with van der Waals surface area (Å²) >= 11 is 0. The average molecular weight is 410 g/mol. The van der Waals surface area contributed by atoms with E-state index in [0.29, 0.717) is 18.1 Å². The summed E-state index contributed by atoms with van der Waals surface area (Å²) in [5.41, 5.74) is 3.57. The molecule has 1 aliphatic heterocycles. The van der Waals surface area contributed by atoms with Crippen LogP contribution in [0.5, 0.6) is 0 Å². The molecule has 1 N–H and O–H groups in total. The maximum Gasteiger partial charge on any atom is 0.330 e. The monoisotopic (exact) mass is 409 g/mol. The molecule has 2 aromatic heterocycles. The molecule has 3 heterocycles. The summed E-state index contributed by atoms with van der Waals surface area (Å²) in [7, 11) is 3.94. The van der Waals surface area contributed by atoms with Gasteiger partial charge in [0.05, 0.1) is 6.20 Å². The molecule has 1 fully saturated rings. The van der Waals surface area contributed by atoms with Gasteiger partial charge in [-0.05, 0) is 37.7 Å². The molecule has 0 saturated carbocycles. The Hall–Kier alpha value is -2.87. The molecular weight excluding hydrogens is 378 g/mol. The van der Waals surface area contributed by atoms with Gasteiger partial charge >= 0.3 is 5.69 Å². The zero-order valence-electron chi connectivity index (χ0n) is 18.1. The van der Waals surface area contributed by atoms with Crippen molar-refractivity contribution in [2.24, 2.45) is 7.05 Å². The van der Waals surface area contributed by atoms with Gasteiger partial charge in [0.25, 0.3) is 0 Å². The number of unbranched alkanes of at least 4 members (excludes halogenated alkanes) is 2. The smallest absolute Gasteiger partial charge is 0.330 e. The number of rotatable bonds is 7. The summed E-state index contributed by atoms with van der Waals surface area (Å²) in [6, 6.07) is 8.38. The van der Waals surface area contributed by atoms with Crippen LogP contribution in [0.2, 0.25) is 0 Å². The molecule has 0 unspecified atom stereocenters. The Bertz CT molecular complexity index is 1050. The fourth-order valence-electron chi connectivity index (χ4n) is 3.91. The van der Waals surface area contributed by atoms with E-state index in [-0.39, 0.29) is 5.69 Å². The van der Waals surface area contributed by atoms with Crippen LogP contribution in [0.4, 0.5) is 17.3 Å². The molecule has 1 aromatic carbocycles. The fourth-order valence-corrected chi connectivity index (χ4v) is 3.91. The highest BCUT2D eigenvalue weighted by Crippen LogP contribution is 2.21. The Morgan fingerprint density at radius 1 is 1.03 bits per heavy atom. The molecule has 1 saturated heterocycles. The van der Waals surface area contributed by atoms with Gasteiger partial charge < -0.3 is 15.1 Å². The maximum atomic E-state index is 12.6. The average Bonchev–Trinajstić information content (AvgIpc) is 2.99. The van der Waals surface area contributed by atoms with Crippen molar-refractivity contribution in [3.05, 3.63) is 40.9 Å². The number of nitrogens with one attached hydrogen (secondary N) is 1. The minimum absolute atomic E-state index is 0.0379. The van der Waals surface area contributed by atoms with E-state index in [1.54, 1.807) is 22.4 Å². The molecule has 0 aliphatic carbocycles. The quantitative estimate of drug-likeness (QED) is 0.605. The molecule has 1 aliphatic rings. The van der Waals surface area contributed by atoms with Gasteiger partial charge in [-0.2, -0.15) is 4.98 Å². The van der Waals surface area contributed by atoms with Gasteiger partial charge in [0.1, 0.15) is 5.52 Å². The number of aromatic nitrogens is 4. The summed E-state index contributed by atoms with van der Waals surface area (Å²) in [4.78, 5) is 26.4. The van der Waals surface area contributed by atoms with Crippen molar-refractivity contribution >= 4 is 28.5 Å². The van der Waals surface area contributed by atoms with E-state index in [2.05, 4.69) is 63.3 Å². The first-order valence-electron chi connectivity index (χ1n) is 10.8. The Morgan fingerprint density at radius 2 is 1.77 bits per heavy atom. The van der Waals surface area contributed by atoms with Crippen molar-refractivity contribution in [1.82, 2.24) is 24.0 Å². The van der Waals surface area contributed by atoms with Gasteiger partial charge in [0.2, 0.25) is 5.95 Å². The lowest BCUT2D eigenvalue weighted by atomic mass is 10.2. The summed E-state index contributed by atoms with van der Waals surface area (Å²) in [5.74, 6) is 0.504. The summed E-state index contributed by atoms with van der Waals surface area (Å²) in [6.07, 6.45) is 4.90. The van der Waals surface area contributed by atoms with Crippen LogP contribution in [-0.4, -0.2) is 57.2 Å². The molecule has 0 bridgehead atoms. The van der Waals surface area contributed by atoms with Crippen LogP contribution >= 0.6 is 0 Å². The Labute approximate surface area is 177 Å². The highest BCUT2D eigenvalue weighted by Gasteiger charge is 2.15. The van der Waals surface area contributed by atoms with E-state index < -0.39 is 0 Å². The van der Waals surface area contributed by atoms with Gasteiger partial charge in [-0.25, -0.2) is 9.78 Å². The van der Waals surface area contributed by atoms with Crippen molar-refractivity contribution in [1.29, 1.82) is 0 Å². The molecule has 4 rings (SSSR count). The van der Waals surface area contributed by atoms with Crippen molar-refractivity contribution in [2.75, 3.05) is 43.4 Å². The first kappa shape index (κ1) is 20.4.